The molecule has 1 saturated carbocycles. The van der Waals surface area contributed by atoms with Crippen molar-refractivity contribution in [2.45, 2.75) is 62.7 Å². The Kier molecular flexibility index (Phi) is 6.93. The molecule has 1 aromatic carbocycles. The fourth-order valence-electron chi connectivity index (χ4n) is 3.80. The van der Waals surface area contributed by atoms with Gasteiger partial charge in [-0.2, -0.15) is 0 Å². The molecular formula is C18H26Cl2N2O2. The molecule has 1 aromatic rings. The van der Waals surface area contributed by atoms with Gasteiger partial charge in [-0.05, 0) is 43.4 Å². The molecule has 134 valence electrons. The van der Waals surface area contributed by atoms with E-state index in [0.29, 0.717) is 6.54 Å². The summed E-state index contributed by atoms with van der Waals surface area (Å²) < 4.78 is 5.76. The third-order valence-electron chi connectivity index (χ3n) is 5.13. The van der Waals surface area contributed by atoms with E-state index in [9.17, 15) is 4.79 Å². The van der Waals surface area contributed by atoms with E-state index in [2.05, 4.69) is 5.32 Å². The minimum atomic E-state index is -0.366. The number of ether oxygens (including phenoxy) is 1. The van der Waals surface area contributed by atoms with Crippen molar-refractivity contribution in [3.05, 3.63) is 34.9 Å². The number of hydrogen-bond donors (Lipinski definition) is 2. The molecule has 1 aliphatic heterocycles. The highest BCUT2D eigenvalue weighted by molar-refractivity contribution is 6.30. The van der Waals surface area contributed by atoms with Crippen LogP contribution in [0.4, 0.5) is 0 Å². The Labute approximate surface area is 154 Å². The molecule has 0 unspecified atom stereocenters. The minimum Gasteiger partial charge on any atom is -0.364 e. The van der Waals surface area contributed by atoms with Gasteiger partial charge in [-0.25, -0.2) is 0 Å². The second-order valence-electron chi connectivity index (χ2n) is 6.70. The first-order chi connectivity index (χ1) is 11.1. The van der Waals surface area contributed by atoms with Crippen molar-refractivity contribution in [2.75, 3.05) is 6.54 Å². The molecule has 2 atom stereocenters. The second kappa shape index (κ2) is 8.52. The molecule has 3 rings (SSSR count). The van der Waals surface area contributed by atoms with Gasteiger partial charge in [-0.3, -0.25) is 4.79 Å². The molecule has 2 aliphatic rings. The van der Waals surface area contributed by atoms with Crippen molar-refractivity contribution in [3.63, 3.8) is 0 Å². The van der Waals surface area contributed by atoms with Crippen LogP contribution in [0.25, 0.3) is 0 Å². The predicted molar refractivity (Wildman–Crippen MR) is 98.6 cm³/mol. The van der Waals surface area contributed by atoms with Crippen LogP contribution in [0, 0.1) is 0 Å². The Balaban J connectivity index is 0.00000208. The van der Waals surface area contributed by atoms with Gasteiger partial charge in [0.2, 0.25) is 5.91 Å². The summed E-state index contributed by atoms with van der Waals surface area (Å²) in [5.74, 6) is -0.00204. The molecule has 6 heteroatoms. The normalized spacial score (nSPS) is 25.8. The molecule has 0 radical (unpaired) electrons. The predicted octanol–water partition coefficient (Wildman–Crippen LogP) is 3.54. The standard InChI is InChI=1S/C18H25ClN2O2.ClH/c19-14-6-4-13(5-7-14)18(10-2-1-3-11-18)21-17(22)16-9-8-15(12-20)23-16;/h4-7,15-16H,1-3,8-12,20H2,(H,21,22);1H/t15-,16+;/m1./s1. The fraction of sp³-hybridized carbons (Fsp3) is 0.611. The zero-order valence-electron chi connectivity index (χ0n) is 13.8. The van der Waals surface area contributed by atoms with Crippen LogP contribution >= 0.6 is 24.0 Å². The van der Waals surface area contributed by atoms with Gasteiger partial charge < -0.3 is 15.8 Å². The molecule has 0 spiro atoms. The molecule has 1 saturated heterocycles. The van der Waals surface area contributed by atoms with Crippen LogP contribution < -0.4 is 11.1 Å². The molecule has 4 nitrogen and oxygen atoms in total. The van der Waals surface area contributed by atoms with Gasteiger partial charge in [0.05, 0.1) is 11.6 Å². The molecule has 3 N–H and O–H groups in total. The summed E-state index contributed by atoms with van der Waals surface area (Å²) in [6.07, 6.45) is 6.67. The highest BCUT2D eigenvalue weighted by Crippen LogP contribution is 2.38. The van der Waals surface area contributed by atoms with E-state index in [-0.39, 0.29) is 36.1 Å². The first-order valence-electron chi connectivity index (χ1n) is 8.56. The van der Waals surface area contributed by atoms with Gasteiger partial charge in [-0.15, -0.1) is 12.4 Å². The molecular weight excluding hydrogens is 347 g/mol. The zero-order valence-corrected chi connectivity index (χ0v) is 15.4. The molecule has 0 aromatic heterocycles. The average molecular weight is 373 g/mol. The Morgan fingerprint density at radius 2 is 1.88 bits per heavy atom. The van der Waals surface area contributed by atoms with E-state index in [0.717, 1.165) is 49.1 Å². The van der Waals surface area contributed by atoms with Crippen LogP contribution in [-0.4, -0.2) is 24.7 Å². The molecule has 1 amide bonds. The van der Waals surface area contributed by atoms with Gasteiger partial charge in [0.15, 0.2) is 0 Å². The van der Waals surface area contributed by atoms with Crippen LogP contribution in [0.15, 0.2) is 24.3 Å². The number of nitrogens with two attached hydrogens (primary N) is 1. The van der Waals surface area contributed by atoms with Crippen molar-refractivity contribution < 1.29 is 9.53 Å². The van der Waals surface area contributed by atoms with E-state index < -0.39 is 0 Å². The van der Waals surface area contributed by atoms with Gasteiger partial charge in [0, 0.05) is 11.6 Å². The second-order valence-corrected chi connectivity index (χ2v) is 7.14. The molecule has 0 bridgehead atoms. The number of hydrogen-bond acceptors (Lipinski definition) is 3. The fourth-order valence-corrected chi connectivity index (χ4v) is 3.92. The third kappa shape index (κ3) is 4.23. The summed E-state index contributed by atoms with van der Waals surface area (Å²) in [4.78, 5) is 12.7. The number of benzene rings is 1. The topological polar surface area (TPSA) is 64.4 Å². The molecule has 24 heavy (non-hydrogen) atoms. The van der Waals surface area contributed by atoms with E-state index in [1.807, 2.05) is 24.3 Å². The minimum absolute atomic E-state index is 0. The van der Waals surface area contributed by atoms with Gasteiger partial charge in [0.25, 0.3) is 0 Å². The van der Waals surface area contributed by atoms with Crippen molar-refractivity contribution in [3.8, 4) is 0 Å². The Morgan fingerprint density at radius 3 is 2.46 bits per heavy atom. The number of amides is 1. The maximum absolute atomic E-state index is 12.7. The first kappa shape index (κ1) is 19.5. The van der Waals surface area contributed by atoms with Gasteiger partial charge in [0.1, 0.15) is 6.10 Å². The summed E-state index contributed by atoms with van der Waals surface area (Å²) in [6.45, 7) is 0.478. The van der Waals surface area contributed by atoms with Gasteiger partial charge in [-0.1, -0.05) is 43.0 Å². The van der Waals surface area contributed by atoms with E-state index in [1.54, 1.807) is 0 Å². The zero-order chi connectivity index (χ0) is 16.3. The van der Waals surface area contributed by atoms with E-state index >= 15 is 0 Å². The number of nitrogens with one attached hydrogen (secondary N) is 1. The lowest BCUT2D eigenvalue weighted by atomic mass is 9.76. The van der Waals surface area contributed by atoms with Crippen LogP contribution in [-0.2, 0) is 15.1 Å². The average Bonchev–Trinajstić information content (AvgIpc) is 3.05. The maximum atomic E-state index is 12.7. The van der Waals surface area contributed by atoms with Crippen molar-refractivity contribution in [1.29, 1.82) is 0 Å². The number of carbonyl (C=O) groups excluding carboxylic acids is 1. The highest BCUT2D eigenvalue weighted by atomic mass is 35.5. The van der Waals surface area contributed by atoms with Crippen LogP contribution in [0.3, 0.4) is 0 Å². The number of halogens is 2. The SMILES string of the molecule is Cl.NC[C@H]1CC[C@@H](C(=O)NC2(c3ccc(Cl)cc3)CCCCC2)O1. The first-order valence-corrected chi connectivity index (χ1v) is 8.94. The largest absolute Gasteiger partial charge is 0.364 e. The summed E-state index contributed by atoms with van der Waals surface area (Å²) in [5, 5.41) is 4.03. The van der Waals surface area contributed by atoms with Crippen molar-refractivity contribution >= 4 is 29.9 Å². The maximum Gasteiger partial charge on any atom is 0.249 e. The molecule has 2 fully saturated rings. The highest BCUT2D eigenvalue weighted by Gasteiger charge is 2.39. The lowest BCUT2D eigenvalue weighted by Crippen LogP contribution is -2.50. The summed E-state index contributed by atoms with van der Waals surface area (Å²) in [6, 6.07) is 7.87. The lowest BCUT2D eigenvalue weighted by molar-refractivity contribution is -0.134. The number of rotatable bonds is 4. The monoisotopic (exact) mass is 372 g/mol. The summed E-state index contributed by atoms with van der Waals surface area (Å²) in [5.41, 5.74) is 6.50. The summed E-state index contributed by atoms with van der Waals surface area (Å²) >= 11 is 6.02. The quantitative estimate of drug-likeness (QED) is 0.849. The van der Waals surface area contributed by atoms with Crippen molar-refractivity contribution in [1.82, 2.24) is 5.32 Å². The smallest absolute Gasteiger partial charge is 0.249 e. The Hall–Kier alpha value is -0.810. The van der Waals surface area contributed by atoms with Crippen molar-refractivity contribution in [2.24, 2.45) is 5.73 Å². The molecule has 1 aliphatic carbocycles. The summed E-state index contributed by atoms with van der Waals surface area (Å²) in [7, 11) is 0. The van der Waals surface area contributed by atoms with Crippen LogP contribution in [0.2, 0.25) is 5.02 Å². The Bertz CT molecular complexity index is 544. The van der Waals surface area contributed by atoms with Gasteiger partial charge >= 0.3 is 0 Å². The van der Waals surface area contributed by atoms with Crippen LogP contribution in [0.5, 0.6) is 0 Å². The van der Waals surface area contributed by atoms with Crippen LogP contribution in [0.1, 0.15) is 50.5 Å². The third-order valence-corrected chi connectivity index (χ3v) is 5.38. The Morgan fingerprint density at radius 1 is 1.21 bits per heavy atom. The molecule has 1 heterocycles. The number of carbonyl (C=O) groups is 1. The van der Waals surface area contributed by atoms with E-state index in [4.69, 9.17) is 22.1 Å². The lowest BCUT2D eigenvalue weighted by Gasteiger charge is -2.39. The van der Waals surface area contributed by atoms with E-state index in [1.165, 1.54) is 6.42 Å².